The van der Waals surface area contributed by atoms with Gasteiger partial charge >= 0.3 is 0 Å². The van der Waals surface area contributed by atoms with Crippen molar-refractivity contribution >= 4 is 0 Å². The molecule has 1 heterocycles. The molecule has 1 saturated heterocycles. The summed E-state index contributed by atoms with van der Waals surface area (Å²) in [5.74, 6) is 2.02. The van der Waals surface area contributed by atoms with Gasteiger partial charge in [0.25, 0.3) is 0 Å². The summed E-state index contributed by atoms with van der Waals surface area (Å²) in [6.45, 7) is 5.04. The van der Waals surface area contributed by atoms with E-state index in [2.05, 4.69) is 10.6 Å². The van der Waals surface area contributed by atoms with Gasteiger partial charge in [0.1, 0.15) is 0 Å². The summed E-state index contributed by atoms with van der Waals surface area (Å²) >= 11 is 0. The summed E-state index contributed by atoms with van der Waals surface area (Å²) in [4.78, 5) is 0. The van der Waals surface area contributed by atoms with Gasteiger partial charge in [0.15, 0.2) is 0 Å². The Morgan fingerprint density at radius 1 is 1.21 bits per heavy atom. The molecule has 2 nitrogen and oxygen atoms in total. The van der Waals surface area contributed by atoms with E-state index in [1.165, 1.54) is 58.3 Å². The van der Waals surface area contributed by atoms with Crippen molar-refractivity contribution in [1.82, 2.24) is 10.6 Å². The zero-order valence-corrected chi connectivity index (χ0v) is 9.02. The molecule has 0 amide bonds. The van der Waals surface area contributed by atoms with Crippen LogP contribution in [-0.2, 0) is 0 Å². The maximum atomic E-state index is 3.71. The van der Waals surface area contributed by atoms with E-state index < -0.39 is 0 Å². The average molecular weight is 194 g/mol. The second-order valence-electron chi connectivity index (χ2n) is 5.63. The fraction of sp³-hybridized carbons (Fsp3) is 1.00. The van der Waals surface area contributed by atoms with E-state index in [-0.39, 0.29) is 0 Å². The number of rotatable bonds is 5. The van der Waals surface area contributed by atoms with E-state index in [0.717, 1.165) is 17.3 Å². The summed E-state index contributed by atoms with van der Waals surface area (Å²) in [6.07, 6.45) is 7.43. The minimum atomic E-state index is 0.784. The highest BCUT2D eigenvalue weighted by molar-refractivity contribution is 5.05. The number of hydrogen-bond donors (Lipinski definition) is 2. The Balaban J connectivity index is 1.37. The highest BCUT2D eigenvalue weighted by Crippen LogP contribution is 2.60. The Labute approximate surface area is 86.8 Å². The Kier molecular flexibility index (Phi) is 2.29. The van der Waals surface area contributed by atoms with Crippen LogP contribution in [0.4, 0.5) is 0 Å². The van der Waals surface area contributed by atoms with Crippen LogP contribution in [0.15, 0.2) is 0 Å². The van der Waals surface area contributed by atoms with E-state index in [1.54, 1.807) is 0 Å². The lowest BCUT2D eigenvalue weighted by Crippen LogP contribution is -2.30. The molecule has 1 aliphatic heterocycles. The fourth-order valence-corrected chi connectivity index (χ4v) is 3.00. The van der Waals surface area contributed by atoms with Crippen LogP contribution in [0.25, 0.3) is 0 Å². The van der Waals surface area contributed by atoms with Gasteiger partial charge < -0.3 is 10.6 Å². The van der Waals surface area contributed by atoms with Crippen LogP contribution < -0.4 is 10.6 Å². The van der Waals surface area contributed by atoms with Crippen molar-refractivity contribution in [1.29, 1.82) is 0 Å². The summed E-state index contributed by atoms with van der Waals surface area (Å²) in [5, 5.41) is 7.14. The predicted octanol–water partition coefficient (Wildman–Crippen LogP) is 1.38. The van der Waals surface area contributed by atoms with Crippen LogP contribution in [0.1, 0.15) is 32.1 Å². The van der Waals surface area contributed by atoms with Crippen LogP contribution >= 0.6 is 0 Å². The first-order chi connectivity index (χ1) is 6.89. The predicted molar refractivity (Wildman–Crippen MR) is 58.2 cm³/mol. The molecule has 0 aromatic heterocycles. The molecule has 0 bridgehead atoms. The normalized spacial score (nSPS) is 34.7. The lowest BCUT2D eigenvalue weighted by molar-refractivity contribution is 0.384. The molecule has 2 N–H and O–H groups in total. The zero-order valence-electron chi connectivity index (χ0n) is 9.02. The van der Waals surface area contributed by atoms with Crippen molar-refractivity contribution in [2.24, 2.45) is 17.3 Å². The molecule has 1 unspecified atom stereocenters. The van der Waals surface area contributed by atoms with E-state index >= 15 is 0 Å². The van der Waals surface area contributed by atoms with Gasteiger partial charge in [-0.15, -0.1) is 0 Å². The van der Waals surface area contributed by atoms with Gasteiger partial charge in [0, 0.05) is 6.54 Å². The van der Waals surface area contributed by atoms with Gasteiger partial charge in [-0.05, 0) is 69.0 Å². The first-order valence-corrected chi connectivity index (χ1v) is 6.30. The molecule has 0 aromatic rings. The molecule has 14 heavy (non-hydrogen) atoms. The SMILES string of the molecule is C1CC(CNCC2(C3CC3)CC2)CN1. The summed E-state index contributed by atoms with van der Waals surface area (Å²) in [6, 6.07) is 0. The Morgan fingerprint density at radius 2 is 2.07 bits per heavy atom. The summed E-state index contributed by atoms with van der Waals surface area (Å²) in [7, 11) is 0. The third-order valence-electron chi connectivity index (χ3n) is 4.41. The van der Waals surface area contributed by atoms with Crippen LogP contribution in [0, 0.1) is 17.3 Å². The maximum absolute atomic E-state index is 3.71. The summed E-state index contributed by atoms with van der Waals surface area (Å²) in [5.41, 5.74) is 0.784. The summed E-state index contributed by atoms with van der Waals surface area (Å²) < 4.78 is 0. The van der Waals surface area contributed by atoms with E-state index in [1.807, 2.05) is 0 Å². The van der Waals surface area contributed by atoms with Gasteiger partial charge in [-0.1, -0.05) is 0 Å². The highest BCUT2D eigenvalue weighted by atomic mass is 15.0. The monoisotopic (exact) mass is 194 g/mol. The molecule has 2 saturated carbocycles. The lowest BCUT2D eigenvalue weighted by atomic mass is 10.0. The highest BCUT2D eigenvalue weighted by Gasteiger charge is 2.53. The van der Waals surface area contributed by atoms with Crippen molar-refractivity contribution in [3.63, 3.8) is 0 Å². The fourth-order valence-electron chi connectivity index (χ4n) is 3.00. The Morgan fingerprint density at radius 3 is 2.64 bits per heavy atom. The molecule has 2 aliphatic carbocycles. The van der Waals surface area contributed by atoms with Crippen molar-refractivity contribution < 1.29 is 0 Å². The van der Waals surface area contributed by atoms with E-state index in [4.69, 9.17) is 0 Å². The number of nitrogens with one attached hydrogen (secondary N) is 2. The zero-order chi connectivity index (χ0) is 9.43. The largest absolute Gasteiger partial charge is 0.316 e. The van der Waals surface area contributed by atoms with Crippen molar-refractivity contribution in [2.75, 3.05) is 26.2 Å². The molecule has 80 valence electrons. The number of hydrogen-bond acceptors (Lipinski definition) is 2. The molecule has 3 aliphatic rings. The molecule has 2 heteroatoms. The average Bonchev–Trinajstić information content (AvgIpc) is 3.07. The molecular weight excluding hydrogens is 172 g/mol. The van der Waals surface area contributed by atoms with Crippen LogP contribution in [-0.4, -0.2) is 26.2 Å². The van der Waals surface area contributed by atoms with E-state index in [9.17, 15) is 0 Å². The topological polar surface area (TPSA) is 24.1 Å². The van der Waals surface area contributed by atoms with Gasteiger partial charge in [0.05, 0.1) is 0 Å². The van der Waals surface area contributed by atoms with Gasteiger partial charge in [0.2, 0.25) is 0 Å². The van der Waals surface area contributed by atoms with Crippen LogP contribution in [0.2, 0.25) is 0 Å². The molecule has 0 spiro atoms. The second-order valence-corrected chi connectivity index (χ2v) is 5.63. The van der Waals surface area contributed by atoms with Crippen molar-refractivity contribution in [3.8, 4) is 0 Å². The smallest absolute Gasteiger partial charge is 0.00106 e. The van der Waals surface area contributed by atoms with Crippen LogP contribution in [0.5, 0.6) is 0 Å². The maximum Gasteiger partial charge on any atom is 0.00106 e. The third kappa shape index (κ3) is 1.82. The standard InChI is InChI=1S/C12H22N2/c1-2-11(1)12(4-5-12)9-14-8-10-3-6-13-7-10/h10-11,13-14H,1-9H2. The molecule has 0 aromatic carbocycles. The van der Waals surface area contributed by atoms with Gasteiger partial charge in [-0.2, -0.15) is 0 Å². The van der Waals surface area contributed by atoms with E-state index in [0.29, 0.717) is 0 Å². The minimum Gasteiger partial charge on any atom is -0.316 e. The van der Waals surface area contributed by atoms with Crippen molar-refractivity contribution in [3.05, 3.63) is 0 Å². The first kappa shape index (κ1) is 9.17. The quantitative estimate of drug-likeness (QED) is 0.691. The second kappa shape index (κ2) is 3.49. The molecule has 3 rings (SSSR count). The minimum absolute atomic E-state index is 0.784. The molecule has 0 radical (unpaired) electrons. The molecule has 3 fully saturated rings. The van der Waals surface area contributed by atoms with Crippen LogP contribution in [0.3, 0.4) is 0 Å². The Hall–Kier alpha value is -0.0800. The third-order valence-corrected chi connectivity index (χ3v) is 4.41. The Bertz CT molecular complexity index is 200. The van der Waals surface area contributed by atoms with Crippen molar-refractivity contribution in [2.45, 2.75) is 32.1 Å². The van der Waals surface area contributed by atoms with Gasteiger partial charge in [-0.25, -0.2) is 0 Å². The van der Waals surface area contributed by atoms with Gasteiger partial charge in [-0.3, -0.25) is 0 Å². The lowest BCUT2D eigenvalue weighted by Gasteiger charge is -2.17. The molecular formula is C12H22N2. The first-order valence-electron chi connectivity index (χ1n) is 6.30. The molecule has 1 atom stereocenters.